The number of aryl methyl sites for hydroxylation is 2. The van der Waals surface area contributed by atoms with Crippen molar-refractivity contribution in [2.75, 3.05) is 19.6 Å². The predicted molar refractivity (Wildman–Crippen MR) is 87.6 cm³/mol. The number of hydrogen-bond donors (Lipinski definition) is 1. The molecule has 0 unspecified atom stereocenters. The molecule has 1 aliphatic heterocycles. The van der Waals surface area contributed by atoms with Crippen LogP contribution in [-0.2, 0) is 19.4 Å². The monoisotopic (exact) mass is 284 g/mol. The molecule has 2 fully saturated rings. The molecule has 1 aromatic rings. The third-order valence-corrected chi connectivity index (χ3v) is 5.83. The van der Waals surface area contributed by atoms with Crippen molar-refractivity contribution in [3.63, 3.8) is 0 Å². The highest BCUT2D eigenvalue weighted by molar-refractivity contribution is 5.35. The molecule has 1 aromatic carbocycles. The summed E-state index contributed by atoms with van der Waals surface area (Å²) in [4.78, 5) is 2.69. The Morgan fingerprint density at radius 3 is 2.76 bits per heavy atom. The quantitative estimate of drug-likeness (QED) is 0.896. The van der Waals surface area contributed by atoms with Crippen LogP contribution in [0.4, 0.5) is 0 Å². The van der Waals surface area contributed by atoms with Gasteiger partial charge in [-0.05, 0) is 48.8 Å². The Morgan fingerprint density at radius 2 is 1.86 bits per heavy atom. The molecule has 1 heterocycles. The van der Waals surface area contributed by atoms with Gasteiger partial charge in [0, 0.05) is 31.7 Å². The van der Waals surface area contributed by atoms with Crippen molar-refractivity contribution in [2.24, 2.45) is 0 Å². The molecule has 0 radical (unpaired) electrons. The number of benzene rings is 1. The van der Waals surface area contributed by atoms with Gasteiger partial charge in [-0.15, -0.1) is 0 Å². The molecule has 0 atom stereocenters. The Bertz CT molecular complexity index is 497. The Hall–Kier alpha value is -0.860. The Kier molecular flexibility index (Phi) is 3.76. The molecule has 2 heteroatoms. The largest absolute Gasteiger partial charge is 0.309 e. The van der Waals surface area contributed by atoms with E-state index in [1.807, 2.05) is 0 Å². The highest BCUT2D eigenvalue weighted by atomic mass is 15.2. The lowest BCUT2D eigenvalue weighted by molar-refractivity contribution is 0.0945. The Balaban J connectivity index is 1.44. The highest BCUT2D eigenvalue weighted by Gasteiger charge is 2.35. The second-order valence-corrected chi connectivity index (χ2v) is 7.44. The van der Waals surface area contributed by atoms with E-state index in [-0.39, 0.29) is 0 Å². The van der Waals surface area contributed by atoms with Crippen LogP contribution in [0.3, 0.4) is 0 Å². The van der Waals surface area contributed by atoms with Crippen LogP contribution >= 0.6 is 0 Å². The van der Waals surface area contributed by atoms with Gasteiger partial charge in [-0.1, -0.05) is 37.5 Å². The molecule has 4 rings (SSSR count). The van der Waals surface area contributed by atoms with Crippen LogP contribution in [0.15, 0.2) is 18.2 Å². The summed E-state index contributed by atoms with van der Waals surface area (Å²) in [6.07, 6.45) is 11.0. The van der Waals surface area contributed by atoms with Gasteiger partial charge in [0.25, 0.3) is 0 Å². The fourth-order valence-electron chi connectivity index (χ4n) is 4.72. The second-order valence-electron chi connectivity index (χ2n) is 7.44. The molecule has 3 aliphatic rings. The van der Waals surface area contributed by atoms with E-state index in [0.29, 0.717) is 5.54 Å². The first-order chi connectivity index (χ1) is 10.3. The number of hydrogen-bond acceptors (Lipinski definition) is 2. The van der Waals surface area contributed by atoms with Gasteiger partial charge in [0.2, 0.25) is 0 Å². The van der Waals surface area contributed by atoms with E-state index in [9.17, 15) is 0 Å². The van der Waals surface area contributed by atoms with E-state index >= 15 is 0 Å². The van der Waals surface area contributed by atoms with E-state index in [2.05, 4.69) is 28.4 Å². The zero-order chi connectivity index (χ0) is 14.1. The van der Waals surface area contributed by atoms with Crippen molar-refractivity contribution < 1.29 is 0 Å². The minimum absolute atomic E-state index is 0.438. The van der Waals surface area contributed by atoms with Gasteiger partial charge in [-0.25, -0.2) is 0 Å². The minimum Gasteiger partial charge on any atom is -0.309 e. The average molecular weight is 284 g/mol. The summed E-state index contributed by atoms with van der Waals surface area (Å²) in [5.74, 6) is 0. The maximum absolute atomic E-state index is 3.85. The average Bonchev–Trinajstić information content (AvgIpc) is 2.96. The van der Waals surface area contributed by atoms with E-state index in [0.717, 1.165) is 6.54 Å². The lowest BCUT2D eigenvalue weighted by Gasteiger charge is -2.46. The molecule has 0 amide bonds. The third kappa shape index (κ3) is 2.89. The molecular formula is C19H28N2. The molecule has 1 N–H and O–H groups in total. The molecular weight excluding hydrogens is 256 g/mol. The molecule has 2 aliphatic carbocycles. The summed E-state index contributed by atoms with van der Waals surface area (Å²) >= 11 is 0. The Morgan fingerprint density at radius 1 is 1.00 bits per heavy atom. The summed E-state index contributed by atoms with van der Waals surface area (Å²) in [6, 6.07) is 7.24. The van der Waals surface area contributed by atoms with Crippen molar-refractivity contribution in [3.8, 4) is 0 Å². The van der Waals surface area contributed by atoms with Gasteiger partial charge in [0.1, 0.15) is 0 Å². The van der Waals surface area contributed by atoms with Crippen molar-refractivity contribution in [2.45, 2.75) is 63.5 Å². The van der Waals surface area contributed by atoms with Crippen LogP contribution in [0.1, 0.15) is 55.2 Å². The van der Waals surface area contributed by atoms with Crippen molar-refractivity contribution in [1.29, 1.82) is 0 Å². The van der Waals surface area contributed by atoms with Gasteiger partial charge >= 0.3 is 0 Å². The molecule has 114 valence electrons. The van der Waals surface area contributed by atoms with Gasteiger partial charge in [0.05, 0.1) is 0 Å². The number of nitrogens with one attached hydrogen (secondary N) is 1. The zero-order valence-electron chi connectivity index (χ0n) is 13.2. The van der Waals surface area contributed by atoms with E-state index in [1.165, 1.54) is 76.6 Å². The van der Waals surface area contributed by atoms with Crippen LogP contribution in [0.25, 0.3) is 0 Å². The number of fused-ring (bicyclic) bond motifs is 1. The van der Waals surface area contributed by atoms with E-state index < -0.39 is 0 Å². The van der Waals surface area contributed by atoms with Crippen LogP contribution in [0, 0.1) is 0 Å². The molecule has 21 heavy (non-hydrogen) atoms. The minimum atomic E-state index is 0.438. The fraction of sp³-hybridized carbons (Fsp3) is 0.684. The van der Waals surface area contributed by atoms with E-state index in [4.69, 9.17) is 0 Å². The number of piperazine rings is 1. The van der Waals surface area contributed by atoms with Crippen LogP contribution in [0.5, 0.6) is 0 Å². The summed E-state index contributed by atoms with van der Waals surface area (Å²) in [6.45, 7) is 4.78. The molecule has 0 aromatic heterocycles. The first-order valence-electron chi connectivity index (χ1n) is 8.91. The van der Waals surface area contributed by atoms with Crippen molar-refractivity contribution in [1.82, 2.24) is 10.2 Å². The van der Waals surface area contributed by atoms with Crippen LogP contribution in [0.2, 0.25) is 0 Å². The van der Waals surface area contributed by atoms with Gasteiger partial charge in [-0.2, -0.15) is 0 Å². The molecule has 2 nitrogen and oxygen atoms in total. The summed E-state index contributed by atoms with van der Waals surface area (Å²) in [5.41, 5.74) is 5.19. The maximum Gasteiger partial charge on any atom is 0.0309 e. The smallest absolute Gasteiger partial charge is 0.0309 e. The highest BCUT2D eigenvalue weighted by Crippen LogP contribution is 2.31. The number of rotatable bonds is 2. The first kappa shape index (κ1) is 13.8. The van der Waals surface area contributed by atoms with E-state index in [1.54, 1.807) is 11.1 Å². The lowest BCUT2D eigenvalue weighted by atomic mass is 9.80. The standard InChI is InChI=1S/C19H28N2/c1-2-9-19(10-3-1)15-21(12-11-20-19)14-16-7-8-17-5-4-6-18(17)13-16/h7-8,13,20H,1-6,9-12,14-15H2. The zero-order valence-corrected chi connectivity index (χ0v) is 13.2. The lowest BCUT2D eigenvalue weighted by Crippen LogP contribution is -2.60. The van der Waals surface area contributed by atoms with Crippen molar-refractivity contribution >= 4 is 0 Å². The summed E-state index contributed by atoms with van der Waals surface area (Å²) in [7, 11) is 0. The molecule has 1 saturated carbocycles. The molecule has 1 saturated heterocycles. The van der Waals surface area contributed by atoms with Crippen LogP contribution < -0.4 is 5.32 Å². The maximum atomic E-state index is 3.85. The molecule has 0 bridgehead atoms. The predicted octanol–water partition coefficient (Wildman–Crippen LogP) is 3.28. The van der Waals surface area contributed by atoms with Gasteiger partial charge < -0.3 is 5.32 Å². The third-order valence-electron chi connectivity index (χ3n) is 5.83. The van der Waals surface area contributed by atoms with Gasteiger partial charge in [0.15, 0.2) is 0 Å². The molecule has 1 spiro atoms. The normalized spacial score (nSPS) is 25.1. The van der Waals surface area contributed by atoms with Crippen molar-refractivity contribution in [3.05, 3.63) is 34.9 Å². The summed E-state index contributed by atoms with van der Waals surface area (Å²) < 4.78 is 0. The summed E-state index contributed by atoms with van der Waals surface area (Å²) in [5, 5.41) is 3.85. The topological polar surface area (TPSA) is 15.3 Å². The second kappa shape index (κ2) is 5.73. The fourth-order valence-corrected chi connectivity index (χ4v) is 4.72. The SMILES string of the molecule is c1cc2c(cc1CN1CCNC3(CCCCC3)C1)CCC2. The van der Waals surface area contributed by atoms with Crippen LogP contribution in [-0.4, -0.2) is 30.1 Å². The number of nitrogens with zero attached hydrogens (tertiary/aromatic N) is 1. The Labute approximate surface area is 128 Å². The first-order valence-corrected chi connectivity index (χ1v) is 8.91. The van der Waals surface area contributed by atoms with Gasteiger partial charge in [-0.3, -0.25) is 4.90 Å².